The predicted molar refractivity (Wildman–Crippen MR) is 58.2 cm³/mol. The maximum Gasteiger partial charge on any atom is 0.101 e. The molecule has 0 saturated carbocycles. The van der Waals surface area contributed by atoms with Crippen LogP contribution in [0.15, 0.2) is 30.7 Å². The first kappa shape index (κ1) is 8.50. The Morgan fingerprint density at radius 1 is 1.23 bits per heavy atom. The molecule has 0 radical (unpaired) electrons. The van der Waals surface area contributed by atoms with Crippen LogP contribution in [-0.2, 0) is 0 Å². The summed E-state index contributed by atoms with van der Waals surface area (Å²) in [6, 6.07) is 4.16. The Bertz CT molecular complexity index is 426. The van der Waals surface area contributed by atoms with E-state index < -0.39 is 8.07 Å². The summed E-state index contributed by atoms with van der Waals surface area (Å²) >= 11 is 0. The highest BCUT2D eigenvalue weighted by Gasteiger charge is 2.19. The molecule has 0 atom stereocenters. The second-order valence-corrected chi connectivity index (χ2v) is 9.36. The third kappa shape index (κ3) is 1.39. The van der Waals surface area contributed by atoms with Gasteiger partial charge in [0.2, 0.25) is 0 Å². The highest BCUT2D eigenvalue weighted by Crippen LogP contribution is 2.05. The second-order valence-electron chi connectivity index (χ2n) is 4.35. The summed E-state index contributed by atoms with van der Waals surface area (Å²) in [5, 5.41) is 1.38. The molecule has 2 heterocycles. The van der Waals surface area contributed by atoms with Gasteiger partial charge in [0, 0.05) is 17.7 Å². The van der Waals surface area contributed by atoms with Crippen molar-refractivity contribution in [3.05, 3.63) is 30.7 Å². The summed E-state index contributed by atoms with van der Waals surface area (Å²) in [5.74, 6) is 0. The van der Waals surface area contributed by atoms with E-state index in [9.17, 15) is 0 Å². The van der Waals surface area contributed by atoms with Crippen molar-refractivity contribution < 1.29 is 0 Å². The monoisotopic (exact) mass is 190 g/mol. The molecule has 0 aliphatic heterocycles. The topological polar surface area (TPSA) is 17.3 Å². The molecule has 0 aliphatic carbocycles. The summed E-state index contributed by atoms with van der Waals surface area (Å²) in [6.07, 6.45) is 6.02. The maximum atomic E-state index is 4.27. The van der Waals surface area contributed by atoms with Crippen molar-refractivity contribution >= 4 is 18.9 Å². The van der Waals surface area contributed by atoms with Crippen LogP contribution in [0.1, 0.15) is 0 Å². The molecular weight excluding hydrogens is 176 g/mol. The Morgan fingerprint density at radius 3 is 2.69 bits per heavy atom. The van der Waals surface area contributed by atoms with Gasteiger partial charge in [-0.05, 0) is 12.1 Å². The second kappa shape index (κ2) is 2.70. The highest BCUT2D eigenvalue weighted by atomic mass is 28.3. The average Bonchev–Trinajstić information content (AvgIpc) is 2.48. The fraction of sp³-hybridized carbons (Fsp3) is 0.300. The van der Waals surface area contributed by atoms with Crippen LogP contribution < -0.4 is 5.32 Å². The van der Waals surface area contributed by atoms with Crippen molar-refractivity contribution in [1.29, 1.82) is 0 Å². The molecule has 0 N–H and O–H groups in total. The molecule has 2 aromatic rings. The summed E-state index contributed by atoms with van der Waals surface area (Å²) < 4.78 is 2.25. The predicted octanol–water partition coefficient (Wildman–Crippen LogP) is 1.88. The minimum atomic E-state index is -1.26. The Labute approximate surface area is 79.2 Å². The zero-order valence-electron chi connectivity index (χ0n) is 8.28. The van der Waals surface area contributed by atoms with E-state index in [-0.39, 0.29) is 0 Å². The molecule has 0 amide bonds. The SMILES string of the molecule is C[Si](C)(C)c1cncc2cccn12. The lowest BCUT2D eigenvalue weighted by atomic mass is 10.5. The average molecular weight is 190 g/mol. The molecule has 0 spiro atoms. The Morgan fingerprint density at radius 2 is 2.00 bits per heavy atom. The third-order valence-corrected chi connectivity index (χ3v) is 4.12. The minimum absolute atomic E-state index is 1.19. The molecule has 13 heavy (non-hydrogen) atoms. The largest absolute Gasteiger partial charge is 0.322 e. The number of fused-ring (bicyclic) bond motifs is 1. The van der Waals surface area contributed by atoms with Gasteiger partial charge in [-0.3, -0.25) is 4.98 Å². The van der Waals surface area contributed by atoms with Crippen LogP contribution in [0.5, 0.6) is 0 Å². The molecule has 68 valence electrons. The third-order valence-electron chi connectivity index (χ3n) is 2.21. The van der Waals surface area contributed by atoms with E-state index in [1.54, 1.807) is 0 Å². The fourth-order valence-corrected chi connectivity index (χ4v) is 2.91. The van der Waals surface area contributed by atoms with Gasteiger partial charge in [-0.2, -0.15) is 0 Å². The van der Waals surface area contributed by atoms with E-state index in [0.717, 1.165) is 0 Å². The number of nitrogens with zero attached hydrogens (tertiary/aromatic N) is 2. The number of rotatable bonds is 1. The first-order valence-electron chi connectivity index (χ1n) is 4.50. The van der Waals surface area contributed by atoms with Crippen LogP contribution in [0.2, 0.25) is 19.6 Å². The molecule has 0 fully saturated rings. The summed E-state index contributed by atoms with van der Waals surface area (Å²) in [5.41, 5.74) is 1.19. The van der Waals surface area contributed by atoms with Gasteiger partial charge in [-0.1, -0.05) is 19.6 Å². The van der Waals surface area contributed by atoms with Gasteiger partial charge < -0.3 is 4.40 Å². The maximum absolute atomic E-state index is 4.27. The van der Waals surface area contributed by atoms with Gasteiger partial charge >= 0.3 is 0 Å². The molecule has 0 unspecified atom stereocenters. The standard InChI is InChI=1S/C10H14N2Si/c1-13(2,3)10-8-11-7-9-5-4-6-12(9)10/h4-8H,1-3H3. The van der Waals surface area contributed by atoms with Crippen molar-refractivity contribution in [3.8, 4) is 0 Å². The van der Waals surface area contributed by atoms with E-state index >= 15 is 0 Å². The van der Waals surface area contributed by atoms with Crippen molar-refractivity contribution in [3.63, 3.8) is 0 Å². The van der Waals surface area contributed by atoms with Crippen LogP contribution in [0.25, 0.3) is 5.52 Å². The number of aromatic nitrogens is 2. The molecule has 3 heteroatoms. The lowest BCUT2D eigenvalue weighted by Gasteiger charge is -2.17. The normalized spacial score (nSPS) is 12.2. The van der Waals surface area contributed by atoms with Gasteiger partial charge in [0.05, 0.1) is 11.7 Å². The summed E-state index contributed by atoms with van der Waals surface area (Å²) in [6.45, 7) is 7.01. The van der Waals surface area contributed by atoms with Crippen LogP contribution in [0.4, 0.5) is 0 Å². The smallest absolute Gasteiger partial charge is 0.101 e. The number of hydrogen-bond acceptors (Lipinski definition) is 1. The Hall–Kier alpha value is -1.09. The quantitative estimate of drug-likeness (QED) is 0.628. The van der Waals surface area contributed by atoms with Gasteiger partial charge in [0.25, 0.3) is 0 Å². The number of hydrogen-bond donors (Lipinski definition) is 0. The zero-order valence-corrected chi connectivity index (χ0v) is 9.28. The molecule has 2 nitrogen and oxygen atoms in total. The molecule has 0 saturated heterocycles. The molecule has 2 aromatic heterocycles. The van der Waals surface area contributed by atoms with Gasteiger partial charge in [-0.15, -0.1) is 0 Å². The van der Waals surface area contributed by atoms with Crippen LogP contribution >= 0.6 is 0 Å². The first-order chi connectivity index (χ1) is 6.09. The zero-order chi connectivity index (χ0) is 9.47. The van der Waals surface area contributed by atoms with Crippen LogP contribution in [-0.4, -0.2) is 17.5 Å². The van der Waals surface area contributed by atoms with E-state index in [0.29, 0.717) is 0 Å². The summed E-state index contributed by atoms with van der Waals surface area (Å²) in [7, 11) is -1.26. The van der Waals surface area contributed by atoms with Crippen molar-refractivity contribution in [2.24, 2.45) is 0 Å². The van der Waals surface area contributed by atoms with Crippen molar-refractivity contribution in [1.82, 2.24) is 9.38 Å². The molecule has 0 aromatic carbocycles. The molecular formula is C10H14N2Si. The fourth-order valence-electron chi connectivity index (χ4n) is 1.52. The van der Waals surface area contributed by atoms with E-state index in [4.69, 9.17) is 0 Å². The van der Waals surface area contributed by atoms with E-state index in [1.807, 2.05) is 12.4 Å². The van der Waals surface area contributed by atoms with Crippen molar-refractivity contribution in [2.45, 2.75) is 19.6 Å². The molecule has 0 bridgehead atoms. The molecule has 2 rings (SSSR count). The summed E-state index contributed by atoms with van der Waals surface area (Å²) in [4.78, 5) is 4.27. The van der Waals surface area contributed by atoms with Crippen LogP contribution in [0.3, 0.4) is 0 Å². The minimum Gasteiger partial charge on any atom is -0.322 e. The van der Waals surface area contributed by atoms with Crippen molar-refractivity contribution in [2.75, 3.05) is 0 Å². The van der Waals surface area contributed by atoms with Crippen LogP contribution in [0, 0.1) is 0 Å². The van der Waals surface area contributed by atoms with E-state index in [2.05, 4.69) is 47.4 Å². The molecule has 0 aliphatic rings. The Kier molecular flexibility index (Phi) is 1.77. The lowest BCUT2D eigenvalue weighted by molar-refractivity contribution is 1.17. The van der Waals surface area contributed by atoms with Gasteiger partial charge in [0.15, 0.2) is 0 Å². The van der Waals surface area contributed by atoms with E-state index in [1.165, 1.54) is 10.8 Å². The highest BCUT2D eigenvalue weighted by molar-refractivity contribution is 6.88. The lowest BCUT2D eigenvalue weighted by Crippen LogP contribution is -2.42. The Balaban J connectivity index is 2.75. The first-order valence-corrected chi connectivity index (χ1v) is 8.00. The van der Waals surface area contributed by atoms with Gasteiger partial charge in [0.1, 0.15) is 8.07 Å². The van der Waals surface area contributed by atoms with Gasteiger partial charge in [-0.25, -0.2) is 0 Å².